The zero-order valence-electron chi connectivity index (χ0n) is 8.14. The Bertz CT molecular complexity index is 412. The number of hydrogen-bond acceptors (Lipinski definition) is 3. The Morgan fingerprint density at radius 1 is 1.33 bits per heavy atom. The number of ether oxygens (including phenoxy) is 1. The van der Waals surface area contributed by atoms with Crippen molar-refractivity contribution in [2.45, 2.75) is 5.92 Å². The van der Waals surface area contributed by atoms with Gasteiger partial charge in [-0.25, -0.2) is 0 Å². The van der Waals surface area contributed by atoms with Crippen molar-refractivity contribution in [2.24, 2.45) is 11.5 Å². The van der Waals surface area contributed by atoms with E-state index >= 15 is 0 Å². The van der Waals surface area contributed by atoms with Crippen LogP contribution in [0.25, 0.3) is 0 Å². The first kappa shape index (κ1) is 9.58. The highest BCUT2D eigenvalue weighted by Gasteiger charge is 2.30. The van der Waals surface area contributed by atoms with Gasteiger partial charge in [-0.2, -0.15) is 0 Å². The summed E-state index contributed by atoms with van der Waals surface area (Å²) in [6.45, 7) is 0.383. The van der Waals surface area contributed by atoms with Crippen LogP contribution in [0.1, 0.15) is 11.5 Å². The number of benzene rings is 1. The van der Waals surface area contributed by atoms with Crippen LogP contribution in [0, 0.1) is 0 Å². The molecule has 0 fully saturated rings. The van der Waals surface area contributed by atoms with Crippen LogP contribution in [0.2, 0.25) is 0 Å². The molecule has 0 aromatic heterocycles. The monoisotopic (exact) mass is 204 g/mol. The third kappa shape index (κ3) is 1.66. The van der Waals surface area contributed by atoms with Crippen molar-refractivity contribution in [1.82, 2.24) is 0 Å². The maximum Gasteiger partial charge on any atom is 0.250 e. The van der Waals surface area contributed by atoms with E-state index in [9.17, 15) is 4.79 Å². The van der Waals surface area contributed by atoms with Crippen LogP contribution in [0.3, 0.4) is 0 Å². The fourth-order valence-corrected chi connectivity index (χ4v) is 1.75. The lowest BCUT2D eigenvalue weighted by Gasteiger charge is -2.09. The van der Waals surface area contributed by atoms with Gasteiger partial charge in [0.2, 0.25) is 0 Å². The van der Waals surface area contributed by atoms with E-state index in [1.54, 1.807) is 0 Å². The number of carbonyl (C=O) groups is 1. The number of nitrogens with two attached hydrogens (primary N) is 2. The Balaban J connectivity index is 2.37. The second-order valence-electron chi connectivity index (χ2n) is 3.42. The normalized spacial score (nSPS) is 20.1. The van der Waals surface area contributed by atoms with Crippen LogP contribution in [0.5, 0.6) is 0 Å². The predicted octanol–water partition coefficient (Wildman–Crippen LogP) is 0.456. The molecule has 4 N–H and O–H groups in total. The van der Waals surface area contributed by atoms with E-state index < -0.39 is 5.91 Å². The molecule has 0 saturated carbocycles. The summed E-state index contributed by atoms with van der Waals surface area (Å²) in [5, 5.41) is 0. The average Bonchev–Trinajstić information content (AvgIpc) is 2.61. The van der Waals surface area contributed by atoms with Crippen LogP contribution in [-0.4, -0.2) is 12.5 Å². The quantitative estimate of drug-likeness (QED) is 0.734. The highest BCUT2D eigenvalue weighted by molar-refractivity contribution is 5.94. The van der Waals surface area contributed by atoms with Crippen LogP contribution in [-0.2, 0) is 9.53 Å². The van der Waals surface area contributed by atoms with Crippen LogP contribution >= 0.6 is 0 Å². The molecule has 2 rings (SSSR count). The van der Waals surface area contributed by atoms with Gasteiger partial charge in [-0.05, 0) is 5.56 Å². The summed E-state index contributed by atoms with van der Waals surface area (Å²) in [6.07, 6.45) is 0. The largest absolute Gasteiger partial charge is 0.478 e. The second kappa shape index (κ2) is 3.65. The molecular weight excluding hydrogens is 192 g/mol. The Kier molecular flexibility index (Phi) is 2.33. The summed E-state index contributed by atoms with van der Waals surface area (Å²) in [6, 6.07) is 9.58. The molecule has 0 saturated heterocycles. The van der Waals surface area contributed by atoms with Gasteiger partial charge in [0.15, 0.2) is 5.88 Å². The van der Waals surface area contributed by atoms with Crippen LogP contribution in [0.15, 0.2) is 41.8 Å². The maximum atomic E-state index is 11.2. The molecule has 1 heterocycles. The number of primary amides is 1. The molecule has 1 amide bonds. The molecule has 0 radical (unpaired) electrons. The van der Waals surface area contributed by atoms with E-state index in [-0.39, 0.29) is 11.8 Å². The summed E-state index contributed by atoms with van der Waals surface area (Å²) in [4.78, 5) is 11.2. The number of carbonyl (C=O) groups excluding carboxylic acids is 1. The van der Waals surface area contributed by atoms with Crippen LogP contribution < -0.4 is 11.5 Å². The van der Waals surface area contributed by atoms with Gasteiger partial charge in [0.1, 0.15) is 6.61 Å². The minimum absolute atomic E-state index is 0.135. The molecule has 1 aliphatic heterocycles. The van der Waals surface area contributed by atoms with Crippen molar-refractivity contribution < 1.29 is 9.53 Å². The number of amides is 1. The van der Waals surface area contributed by atoms with Crippen molar-refractivity contribution in [2.75, 3.05) is 6.61 Å². The second-order valence-corrected chi connectivity index (χ2v) is 3.42. The Morgan fingerprint density at radius 2 is 2.00 bits per heavy atom. The highest BCUT2D eigenvalue weighted by Crippen LogP contribution is 2.31. The van der Waals surface area contributed by atoms with E-state index in [1.807, 2.05) is 30.3 Å². The molecule has 4 heteroatoms. The average molecular weight is 204 g/mol. The molecule has 0 aliphatic carbocycles. The van der Waals surface area contributed by atoms with Crippen molar-refractivity contribution in [3.63, 3.8) is 0 Å². The van der Waals surface area contributed by atoms with E-state index in [0.717, 1.165) is 5.56 Å². The number of rotatable bonds is 2. The molecule has 1 unspecified atom stereocenters. The standard InChI is InChI=1S/C11H12N2O2/c12-10(14)9-8(6-15-11(9)13)7-4-2-1-3-5-7/h1-5,8H,6,13H2,(H2,12,14). The molecule has 1 aromatic rings. The summed E-state index contributed by atoms with van der Waals surface area (Å²) < 4.78 is 5.15. The van der Waals surface area contributed by atoms with Gasteiger partial charge in [0.05, 0.1) is 11.5 Å². The molecule has 4 nitrogen and oxygen atoms in total. The van der Waals surface area contributed by atoms with E-state index in [2.05, 4.69) is 0 Å². The molecule has 0 spiro atoms. The molecule has 1 aromatic carbocycles. The van der Waals surface area contributed by atoms with E-state index in [1.165, 1.54) is 0 Å². The predicted molar refractivity (Wildman–Crippen MR) is 55.5 cm³/mol. The minimum atomic E-state index is -0.515. The molecule has 15 heavy (non-hydrogen) atoms. The van der Waals surface area contributed by atoms with Crippen molar-refractivity contribution in [1.29, 1.82) is 0 Å². The lowest BCUT2D eigenvalue weighted by molar-refractivity contribution is -0.114. The summed E-state index contributed by atoms with van der Waals surface area (Å²) in [7, 11) is 0. The van der Waals surface area contributed by atoms with Gasteiger partial charge in [-0.15, -0.1) is 0 Å². The first-order valence-corrected chi connectivity index (χ1v) is 4.67. The van der Waals surface area contributed by atoms with E-state index in [4.69, 9.17) is 16.2 Å². The van der Waals surface area contributed by atoms with Gasteiger partial charge < -0.3 is 16.2 Å². The third-order valence-electron chi connectivity index (χ3n) is 2.49. The van der Waals surface area contributed by atoms with Crippen LogP contribution in [0.4, 0.5) is 0 Å². The van der Waals surface area contributed by atoms with Crippen molar-refractivity contribution in [3.8, 4) is 0 Å². The van der Waals surface area contributed by atoms with Crippen molar-refractivity contribution in [3.05, 3.63) is 47.4 Å². The van der Waals surface area contributed by atoms with Gasteiger partial charge in [-0.1, -0.05) is 30.3 Å². The fourth-order valence-electron chi connectivity index (χ4n) is 1.75. The topological polar surface area (TPSA) is 78.3 Å². The van der Waals surface area contributed by atoms with Gasteiger partial charge >= 0.3 is 0 Å². The number of hydrogen-bond donors (Lipinski definition) is 2. The minimum Gasteiger partial charge on any atom is -0.478 e. The Hall–Kier alpha value is -1.97. The molecule has 1 aliphatic rings. The smallest absolute Gasteiger partial charge is 0.250 e. The lowest BCUT2D eigenvalue weighted by atomic mass is 9.93. The maximum absolute atomic E-state index is 11.2. The van der Waals surface area contributed by atoms with Gasteiger partial charge in [-0.3, -0.25) is 4.79 Å². The van der Waals surface area contributed by atoms with Gasteiger partial charge in [0.25, 0.3) is 5.91 Å². The molecule has 0 bridgehead atoms. The summed E-state index contributed by atoms with van der Waals surface area (Å²) in [5.74, 6) is -0.501. The first-order valence-electron chi connectivity index (χ1n) is 4.67. The zero-order valence-corrected chi connectivity index (χ0v) is 8.14. The zero-order chi connectivity index (χ0) is 10.8. The third-order valence-corrected chi connectivity index (χ3v) is 2.49. The molecular formula is C11H12N2O2. The molecule has 78 valence electrons. The van der Waals surface area contributed by atoms with Crippen molar-refractivity contribution >= 4 is 5.91 Å². The summed E-state index contributed by atoms with van der Waals surface area (Å²) >= 11 is 0. The SMILES string of the molecule is NC(=O)C1=C(N)OCC1c1ccccc1. The highest BCUT2D eigenvalue weighted by atomic mass is 16.5. The Morgan fingerprint density at radius 3 is 2.60 bits per heavy atom. The lowest BCUT2D eigenvalue weighted by Crippen LogP contribution is -2.20. The fraction of sp³-hybridized carbons (Fsp3) is 0.182. The Labute approximate surface area is 87.5 Å². The summed E-state index contributed by atoms with van der Waals surface area (Å²) in [5.41, 5.74) is 12.2. The van der Waals surface area contributed by atoms with E-state index in [0.29, 0.717) is 12.2 Å². The van der Waals surface area contributed by atoms with Gasteiger partial charge in [0, 0.05) is 0 Å². The molecule has 1 atom stereocenters. The first-order chi connectivity index (χ1) is 7.20.